The van der Waals surface area contributed by atoms with E-state index in [1.165, 1.54) is 18.3 Å². The highest BCUT2D eigenvalue weighted by Gasteiger charge is 2.15. The van der Waals surface area contributed by atoms with Crippen molar-refractivity contribution in [3.63, 3.8) is 0 Å². The first-order chi connectivity index (χ1) is 13.0. The molecule has 0 radical (unpaired) electrons. The lowest BCUT2D eigenvalue weighted by Crippen LogP contribution is -2.17. The summed E-state index contributed by atoms with van der Waals surface area (Å²) in [5.74, 6) is -0.0721. The molecule has 9 heteroatoms. The van der Waals surface area contributed by atoms with Gasteiger partial charge in [-0.2, -0.15) is 5.26 Å². The zero-order valence-corrected chi connectivity index (χ0v) is 15.0. The lowest BCUT2D eigenvalue weighted by Gasteiger charge is -2.09. The number of halogens is 1. The van der Waals surface area contributed by atoms with E-state index < -0.39 is 10.8 Å². The van der Waals surface area contributed by atoms with E-state index in [-0.39, 0.29) is 22.0 Å². The van der Waals surface area contributed by atoms with Crippen LogP contribution in [-0.4, -0.2) is 17.9 Å². The van der Waals surface area contributed by atoms with Gasteiger partial charge in [-0.25, -0.2) is 0 Å². The number of hydrogen-bond donors (Lipinski definition) is 2. The average Bonchev–Trinajstić information content (AvgIpc) is 2.67. The third-order valence-electron chi connectivity index (χ3n) is 3.51. The molecule has 0 bridgehead atoms. The Kier molecular flexibility index (Phi) is 6.74. The van der Waals surface area contributed by atoms with E-state index in [2.05, 4.69) is 10.6 Å². The van der Waals surface area contributed by atoms with Gasteiger partial charge in [-0.05, 0) is 12.1 Å². The van der Waals surface area contributed by atoms with Crippen LogP contribution in [0.25, 0.3) is 0 Å². The quantitative estimate of drug-likeness (QED) is 0.326. The molecule has 27 heavy (non-hydrogen) atoms. The fraction of sp³-hybridized carbons (Fsp3) is 0.111. The second-order valence-electron chi connectivity index (χ2n) is 5.24. The monoisotopic (exact) mass is 386 g/mol. The Labute approximate surface area is 160 Å². The number of methoxy groups -OCH3 is 1. The molecule has 8 nitrogen and oxygen atoms in total. The molecule has 1 amide bonds. The molecule has 0 aliphatic carbocycles. The van der Waals surface area contributed by atoms with Crippen LogP contribution in [0.1, 0.15) is 5.56 Å². The van der Waals surface area contributed by atoms with Crippen molar-refractivity contribution < 1.29 is 14.5 Å². The molecule has 0 fully saturated rings. The second-order valence-corrected chi connectivity index (χ2v) is 5.65. The number of non-ortho nitro benzene ring substituents is 1. The van der Waals surface area contributed by atoms with E-state index in [1.807, 2.05) is 18.2 Å². The van der Waals surface area contributed by atoms with Gasteiger partial charge in [0.1, 0.15) is 17.4 Å². The summed E-state index contributed by atoms with van der Waals surface area (Å²) in [6.07, 6.45) is 1.26. The number of nitriles is 1. The summed E-state index contributed by atoms with van der Waals surface area (Å²) < 4.78 is 5.22. The number of carbonyl (C=O) groups is 1. The van der Waals surface area contributed by atoms with Crippen molar-refractivity contribution in [1.29, 1.82) is 5.26 Å². The molecule has 0 heterocycles. The van der Waals surface area contributed by atoms with Crippen LogP contribution in [-0.2, 0) is 11.3 Å². The normalized spacial score (nSPS) is 10.6. The fourth-order valence-corrected chi connectivity index (χ4v) is 2.34. The number of nitrogens with zero attached hydrogens (tertiary/aromatic N) is 2. The van der Waals surface area contributed by atoms with Crippen LogP contribution in [0.4, 0.5) is 11.4 Å². The van der Waals surface area contributed by atoms with Crippen LogP contribution < -0.4 is 15.4 Å². The van der Waals surface area contributed by atoms with Crippen LogP contribution in [0, 0.1) is 21.4 Å². The van der Waals surface area contributed by atoms with Crippen molar-refractivity contribution in [3.8, 4) is 11.8 Å². The Morgan fingerprint density at radius 2 is 2.11 bits per heavy atom. The Morgan fingerprint density at radius 1 is 1.37 bits per heavy atom. The molecule has 0 atom stereocenters. The Balaban J connectivity index is 2.10. The first kappa shape index (κ1) is 19.8. The van der Waals surface area contributed by atoms with Gasteiger partial charge in [-0.15, -0.1) is 0 Å². The lowest BCUT2D eigenvalue weighted by molar-refractivity contribution is -0.384. The fourth-order valence-electron chi connectivity index (χ4n) is 2.17. The number of nitro benzene ring substituents is 1. The molecular weight excluding hydrogens is 372 g/mol. The highest BCUT2D eigenvalue weighted by molar-refractivity contribution is 6.34. The molecule has 138 valence electrons. The van der Waals surface area contributed by atoms with Crippen molar-refractivity contribution in [2.24, 2.45) is 0 Å². The number of nitro groups is 1. The van der Waals surface area contributed by atoms with Crippen LogP contribution in [0.5, 0.6) is 5.75 Å². The van der Waals surface area contributed by atoms with E-state index in [9.17, 15) is 20.2 Å². The number of amides is 1. The maximum atomic E-state index is 12.2. The van der Waals surface area contributed by atoms with E-state index in [0.29, 0.717) is 12.3 Å². The van der Waals surface area contributed by atoms with E-state index in [1.54, 1.807) is 19.2 Å². The number of anilines is 1. The molecule has 0 aromatic heterocycles. The summed E-state index contributed by atoms with van der Waals surface area (Å²) in [4.78, 5) is 22.5. The zero-order valence-electron chi connectivity index (χ0n) is 14.2. The summed E-state index contributed by atoms with van der Waals surface area (Å²) in [6.45, 7) is 0.333. The molecule has 2 aromatic carbocycles. The minimum absolute atomic E-state index is 0.0433. The first-order valence-electron chi connectivity index (χ1n) is 7.67. The van der Waals surface area contributed by atoms with Gasteiger partial charge in [0.25, 0.3) is 11.6 Å². The van der Waals surface area contributed by atoms with Gasteiger partial charge in [0.2, 0.25) is 0 Å². The van der Waals surface area contributed by atoms with Crippen molar-refractivity contribution in [2.45, 2.75) is 6.54 Å². The van der Waals surface area contributed by atoms with Gasteiger partial charge < -0.3 is 15.4 Å². The number of para-hydroxylation sites is 1. The summed E-state index contributed by atoms with van der Waals surface area (Å²) in [6, 6.07) is 12.7. The summed E-state index contributed by atoms with van der Waals surface area (Å²) in [5, 5.41) is 25.4. The van der Waals surface area contributed by atoms with Crippen LogP contribution in [0.2, 0.25) is 5.02 Å². The van der Waals surface area contributed by atoms with Gasteiger partial charge in [0.05, 0.1) is 22.7 Å². The van der Waals surface area contributed by atoms with Crippen molar-refractivity contribution in [2.75, 3.05) is 12.4 Å². The third-order valence-corrected chi connectivity index (χ3v) is 3.84. The number of benzene rings is 2. The van der Waals surface area contributed by atoms with E-state index >= 15 is 0 Å². The minimum Gasteiger partial charge on any atom is -0.496 e. The number of carbonyl (C=O) groups excluding carboxylic acids is 1. The zero-order chi connectivity index (χ0) is 19.8. The number of rotatable bonds is 7. The largest absolute Gasteiger partial charge is 0.496 e. The average molecular weight is 387 g/mol. The maximum Gasteiger partial charge on any atom is 0.271 e. The third kappa shape index (κ3) is 5.20. The van der Waals surface area contributed by atoms with Crippen molar-refractivity contribution in [1.82, 2.24) is 5.32 Å². The summed E-state index contributed by atoms with van der Waals surface area (Å²) in [5.41, 5.74) is 0.441. The molecule has 2 rings (SSSR count). The minimum atomic E-state index is -0.743. The SMILES string of the molecule is COc1ccccc1CN/C=C(/C#N)C(=O)Nc1cc([N+](=O)[O-])ccc1Cl. The maximum absolute atomic E-state index is 12.2. The van der Waals surface area contributed by atoms with Gasteiger partial charge >= 0.3 is 0 Å². The van der Waals surface area contributed by atoms with Gasteiger partial charge in [0, 0.05) is 30.4 Å². The highest BCUT2D eigenvalue weighted by Crippen LogP contribution is 2.27. The second kappa shape index (κ2) is 9.22. The summed E-state index contributed by atoms with van der Waals surface area (Å²) >= 11 is 5.94. The molecule has 0 saturated carbocycles. The smallest absolute Gasteiger partial charge is 0.271 e. The van der Waals surface area contributed by atoms with Gasteiger partial charge in [-0.1, -0.05) is 29.8 Å². The van der Waals surface area contributed by atoms with Gasteiger partial charge in [-0.3, -0.25) is 14.9 Å². The van der Waals surface area contributed by atoms with E-state index in [4.69, 9.17) is 16.3 Å². The molecule has 0 aliphatic rings. The molecule has 2 aromatic rings. The number of hydrogen-bond acceptors (Lipinski definition) is 6. The van der Waals surface area contributed by atoms with Gasteiger partial charge in [0.15, 0.2) is 0 Å². The van der Waals surface area contributed by atoms with Crippen molar-refractivity contribution in [3.05, 3.63) is 74.9 Å². The first-order valence-corrected chi connectivity index (χ1v) is 8.05. The van der Waals surface area contributed by atoms with Crippen molar-refractivity contribution >= 4 is 28.9 Å². The van der Waals surface area contributed by atoms with Crippen LogP contribution in [0.3, 0.4) is 0 Å². The van der Waals surface area contributed by atoms with Crippen LogP contribution >= 0.6 is 11.6 Å². The molecule has 2 N–H and O–H groups in total. The predicted molar refractivity (Wildman–Crippen MR) is 100 cm³/mol. The topological polar surface area (TPSA) is 117 Å². The molecule has 0 aliphatic heterocycles. The molecule has 0 unspecified atom stereocenters. The standard InChI is InChI=1S/C18H15ClN4O4/c1-27-17-5-3-2-4-12(17)10-21-11-13(9-20)18(24)22-16-8-14(23(25)26)6-7-15(16)19/h2-8,11,21H,10H2,1H3,(H,22,24)/b13-11-. The Hall–Kier alpha value is -3.57. The number of nitrogens with one attached hydrogen (secondary N) is 2. The van der Waals surface area contributed by atoms with Crippen LogP contribution in [0.15, 0.2) is 54.2 Å². The molecular formula is C18H15ClN4O4. The Bertz CT molecular complexity index is 937. The van der Waals surface area contributed by atoms with E-state index in [0.717, 1.165) is 11.6 Å². The molecule has 0 spiro atoms. The molecule has 0 saturated heterocycles. The highest BCUT2D eigenvalue weighted by atomic mass is 35.5. The lowest BCUT2D eigenvalue weighted by atomic mass is 10.2. The number of ether oxygens (including phenoxy) is 1. The summed E-state index contributed by atoms with van der Waals surface area (Å²) in [7, 11) is 1.55. The Morgan fingerprint density at radius 3 is 2.78 bits per heavy atom. The predicted octanol–water partition coefficient (Wildman–Crippen LogP) is 3.39.